The molecule has 0 radical (unpaired) electrons. The van der Waals surface area contributed by atoms with Crippen LogP contribution < -0.4 is 0 Å². The van der Waals surface area contributed by atoms with Crippen LogP contribution in [0.5, 0.6) is 0 Å². The van der Waals surface area contributed by atoms with E-state index in [1.165, 1.54) is 295 Å². The molecule has 0 amide bonds. The Labute approximate surface area is 661 Å². The molecule has 10 atom stereocenters. The van der Waals surface area contributed by atoms with Crippen molar-refractivity contribution in [3.8, 4) is 0 Å². The molecule has 620 valence electrons. The Hall–Kier alpha value is 0. The molecule has 0 aromatic rings. The Bertz CT molecular complexity index is 1890. The Balaban J connectivity index is 0.000000293. The van der Waals surface area contributed by atoms with E-state index in [4.69, 9.17) is 0 Å². The van der Waals surface area contributed by atoms with Gasteiger partial charge in [-0.2, -0.15) is 0 Å². The van der Waals surface area contributed by atoms with Crippen molar-refractivity contribution >= 4 is 0 Å². The monoisotopic (exact) mass is 1450 g/mol. The maximum atomic E-state index is 2.44. The van der Waals surface area contributed by atoms with Crippen molar-refractivity contribution in [3.05, 3.63) is 0 Å². The Morgan fingerprint density at radius 1 is 0.308 bits per heavy atom. The fraction of sp³-hybridized carbons (Fsp3) is 1.00. The van der Waals surface area contributed by atoms with E-state index in [0.29, 0.717) is 21.7 Å². The summed E-state index contributed by atoms with van der Waals surface area (Å²) >= 11 is 0. The zero-order valence-corrected chi connectivity index (χ0v) is 77.6. The average molecular weight is 1450 g/mol. The van der Waals surface area contributed by atoms with E-state index in [1.54, 1.807) is 51.4 Å². The van der Waals surface area contributed by atoms with Crippen molar-refractivity contribution in [1.82, 2.24) is 0 Å². The predicted octanol–water partition coefficient (Wildman–Crippen LogP) is 36.6. The van der Waals surface area contributed by atoms with E-state index in [-0.39, 0.29) is 0 Å². The van der Waals surface area contributed by atoms with Crippen LogP contribution in [0.25, 0.3) is 0 Å². The second-order valence-corrected chi connectivity index (χ2v) is 45.3. The smallest absolute Gasteiger partial charge is 0.0328 e. The van der Waals surface area contributed by atoms with Gasteiger partial charge < -0.3 is 0 Å². The van der Waals surface area contributed by atoms with Crippen molar-refractivity contribution in [2.24, 2.45) is 139 Å². The number of hydrogen-bond donors (Lipinski definition) is 0. The maximum Gasteiger partial charge on any atom is -0.0328 e. The van der Waals surface area contributed by atoms with E-state index in [0.717, 1.165) is 117 Å². The van der Waals surface area contributed by atoms with Gasteiger partial charge in [0.25, 0.3) is 0 Å². The van der Waals surface area contributed by atoms with Crippen LogP contribution in [0.15, 0.2) is 0 Å². The molecule has 15 aliphatic carbocycles. The van der Waals surface area contributed by atoms with Gasteiger partial charge in [-0.25, -0.2) is 0 Å². The third kappa shape index (κ3) is 41.2. The van der Waals surface area contributed by atoms with Gasteiger partial charge in [0, 0.05) is 0 Å². The number of fused-ring (bicyclic) bond motifs is 4. The van der Waals surface area contributed by atoms with E-state index >= 15 is 0 Å². The molecule has 0 nitrogen and oxygen atoms in total. The molecule has 15 rings (SSSR count). The lowest BCUT2D eigenvalue weighted by atomic mass is 9.78. The maximum absolute atomic E-state index is 2.44. The summed E-state index contributed by atoms with van der Waals surface area (Å²) in [5.74, 6) is 18.9. The molecule has 15 aliphatic rings. The Kier molecular flexibility index (Phi) is 48.8. The van der Waals surface area contributed by atoms with Gasteiger partial charge in [-0.3, -0.25) is 0 Å². The summed E-state index contributed by atoms with van der Waals surface area (Å²) in [5.41, 5.74) is 4.12. The molecule has 0 N–H and O–H groups in total. The van der Waals surface area contributed by atoms with Gasteiger partial charge in [-0.05, 0) is 255 Å². The van der Waals surface area contributed by atoms with Gasteiger partial charge in [0.2, 0.25) is 0 Å². The summed E-state index contributed by atoms with van der Waals surface area (Å²) in [6.45, 7) is 61.6. The van der Waals surface area contributed by atoms with Crippen molar-refractivity contribution in [3.63, 3.8) is 0 Å². The first-order valence-corrected chi connectivity index (χ1v) is 49.0. The lowest BCUT2D eigenvalue weighted by Crippen LogP contribution is -2.14. The molecule has 0 aromatic carbocycles. The van der Waals surface area contributed by atoms with Crippen molar-refractivity contribution in [1.29, 1.82) is 0 Å². The van der Waals surface area contributed by atoms with Crippen molar-refractivity contribution < 1.29 is 0 Å². The third-order valence-electron chi connectivity index (χ3n) is 33.3. The molecule has 0 saturated heterocycles. The van der Waals surface area contributed by atoms with Crippen LogP contribution in [0, 0.1) is 139 Å². The molecule has 0 aliphatic heterocycles. The van der Waals surface area contributed by atoms with Crippen LogP contribution in [0.1, 0.15) is 527 Å². The van der Waals surface area contributed by atoms with Crippen LogP contribution in [-0.2, 0) is 0 Å². The first-order chi connectivity index (χ1) is 49.0. The van der Waals surface area contributed by atoms with Crippen molar-refractivity contribution in [2.45, 2.75) is 527 Å². The molecular formula is C104H204. The fourth-order valence-electron chi connectivity index (χ4n) is 22.9. The first kappa shape index (κ1) is 98.2. The highest BCUT2D eigenvalue weighted by atomic mass is 14.4. The molecule has 4 bridgehead atoms. The largest absolute Gasteiger partial charge is 0.0654 e. The van der Waals surface area contributed by atoms with Gasteiger partial charge >= 0.3 is 0 Å². The highest BCUT2D eigenvalue weighted by Crippen LogP contribution is 2.50. The minimum atomic E-state index is 0.653. The summed E-state index contributed by atoms with van der Waals surface area (Å²) in [6.07, 6.45) is 79.9. The van der Waals surface area contributed by atoms with E-state index in [2.05, 4.69) is 180 Å². The number of rotatable bonds is 6. The normalized spacial score (nSPS) is 35.0. The lowest BCUT2D eigenvalue weighted by molar-refractivity contribution is 0.244. The summed E-state index contributed by atoms with van der Waals surface area (Å²) < 4.78 is 0. The first-order valence-electron chi connectivity index (χ1n) is 49.0. The summed E-state index contributed by atoms with van der Waals surface area (Å²) in [4.78, 5) is 0. The molecule has 0 aromatic heterocycles. The summed E-state index contributed by atoms with van der Waals surface area (Å²) in [5, 5.41) is 0. The molecule has 15 fully saturated rings. The summed E-state index contributed by atoms with van der Waals surface area (Å²) in [6, 6.07) is 0. The van der Waals surface area contributed by atoms with E-state index in [1.807, 2.05) is 0 Å². The second kappa shape index (κ2) is 51.7. The van der Waals surface area contributed by atoms with Crippen LogP contribution >= 0.6 is 0 Å². The van der Waals surface area contributed by atoms with Gasteiger partial charge in [-0.1, -0.05) is 411 Å². The third-order valence-corrected chi connectivity index (χ3v) is 33.3. The minimum absolute atomic E-state index is 0.653. The molecule has 7 unspecified atom stereocenters. The average Bonchev–Trinajstić information content (AvgIpc) is 1.68. The fourth-order valence-corrected chi connectivity index (χ4v) is 22.9. The Morgan fingerprint density at radius 3 is 0.942 bits per heavy atom. The van der Waals surface area contributed by atoms with Gasteiger partial charge in [-0.15, -0.1) is 0 Å². The topological polar surface area (TPSA) is 0 Å². The number of hydrogen-bond acceptors (Lipinski definition) is 0. The quantitative estimate of drug-likeness (QED) is 0.249. The molecule has 0 spiro atoms. The highest BCUT2D eigenvalue weighted by molar-refractivity contribution is 4.90. The molecule has 0 heterocycles. The standard InChI is InChI=1S/2C8H14.11C8H16/c1-6-4-7-2-3-8(6)5-7;1-6-7-2-3-8(6)5-4-7;1-7-4-5-8(2,3)6-7;2*1-7-5-4-6-8(7,2)3;1-7-3-5-8(2)6-4-7;1-7-4-3-5-8(2)6-7;1-8(2)6-4-3-5-7-8;1-7(2)8-5-3-4-6-8;2*1-3-8(2)6-4-5-7-8;1-3-8-6-4-5-7(8)2;1-2-5-8-6-3-4-7-8/h2*6-8H,2-5H2,1H3;3*7H,4-6H2,1-3H3;2*7-8H,3-6H2,1-2H3;3-7H2,1-2H3;7-8H,3-6H2,1-2H3;2*3-7H2,1-2H3;7-8H,3-6H2,1-2H3;8H,2-7H2,1H3/t;;2*7-;;;7-,8?;;;;;;/m..00..1....../s1. The zero-order chi connectivity index (χ0) is 77.6. The zero-order valence-electron chi connectivity index (χ0n) is 77.6. The predicted molar refractivity (Wildman–Crippen MR) is 474 cm³/mol. The molecular weight excluding hydrogens is 1250 g/mol. The SMILES string of the molecule is CC(C)C1CCCC1.CC1(C)CCCCC1.CC1C2CCC1CC2.CC1CC2CCC1C2.CC1CCC(C)CC1.CC1CCCC1(C)C.CC1CCC[C@@H](C)C1.CCC1(C)CCCC1.CCC1(C)CCCC1.CCC1CCCC1C.CCCC1CCCC1.C[C@H]1CCC(C)(C)C1.C[C@H]1CCCC1(C)C. The van der Waals surface area contributed by atoms with Gasteiger partial charge in [0.15, 0.2) is 0 Å². The van der Waals surface area contributed by atoms with Crippen LogP contribution in [0.4, 0.5) is 0 Å². The second-order valence-electron chi connectivity index (χ2n) is 45.3. The molecule has 15 saturated carbocycles. The molecule has 0 heteroatoms. The van der Waals surface area contributed by atoms with Gasteiger partial charge in [0.1, 0.15) is 0 Å². The van der Waals surface area contributed by atoms with Crippen LogP contribution in [0.3, 0.4) is 0 Å². The highest BCUT2D eigenvalue weighted by Gasteiger charge is 2.39. The van der Waals surface area contributed by atoms with Crippen molar-refractivity contribution in [2.75, 3.05) is 0 Å². The van der Waals surface area contributed by atoms with Gasteiger partial charge in [0.05, 0.1) is 0 Å². The summed E-state index contributed by atoms with van der Waals surface area (Å²) in [7, 11) is 0. The van der Waals surface area contributed by atoms with E-state index < -0.39 is 0 Å². The minimum Gasteiger partial charge on any atom is -0.0654 e. The van der Waals surface area contributed by atoms with Crippen LogP contribution in [0.2, 0.25) is 0 Å². The molecule has 104 heavy (non-hydrogen) atoms. The Morgan fingerprint density at radius 2 is 0.740 bits per heavy atom. The van der Waals surface area contributed by atoms with Crippen LogP contribution in [-0.4, -0.2) is 0 Å². The lowest BCUT2D eigenvalue weighted by Gasteiger charge is -2.28. The van der Waals surface area contributed by atoms with E-state index in [9.17, 15) is 0 Å².